The topological polar surface area (TPSA) is 46.3 Å². The Labute approximate surface area is 109 Å². The second kappa shape index (κ2) is 5.42. The number of piperidine rings is 1. The lowest BCUT2D eigenvalue weighted by Crippen LogP contribution is -2.46. The van der Waals surface area contributed by atoms with Gasteiger partial charge in [-0.1, -0.05) is 19.1 Å². The van der Waals surface area contributed by atoms with Crippen molar-refractivity contribution >= 4 is 23.1 Å². The van der Waals surface area contributed by atoms with E-state index in [0.717, 1.165) is 0 Å². The first-order valence-corrected chi connectivity index (χ1v) is 6.19. The van der Waals surface area contributed by atoms with Gasteiger partial charge in [0.15, 0.2) is 0 Å². The quantitative estimate of drug-likeness (QED) is 0.808. The molecule has 0 atom stereocenters. The van der Waals surface area contributed by atoms with Gasteiger partial charge in [-0.3, -0.25) is 4.79 Å². The van der Waals surface area contributed by atoms with E-state index < -0.39 is 24.9 Å². The molecule has 0 aromatic carbocycles. The van der Waals surface area contributed by atoms with E-state index in [1.54, 1.807) is 0 Å². The van der Waals surface area contributed by atoms with E-state index >= 15 is 0 Å². The maximum absolute atomic E-state index is 12.0. The van der Waals surface area contributed by atoms with Crippen LogP contribution < -0.4 is 5.73 Å². The second-order valence-corrected chi connectivity index (χ2v) is 5.36. The van der Waals surface area contributed by atoms with Crippen molar-refractivity contribution in [3.8, 4) is 0 Å². The fourth-order valence-corrected chi connectivity index (χ4v) is 2.11. The van der Waals surface area contributed by atoms with E-state index in [1.807, 2.05) is 6.92 Å². The molecule has 1 saturated heterocycles. The largest absolute Gasteiger partial charge is 0.393 e. The number of nitrogens with two attached hydrogens (primary N) is 1. The average Bonchev–Trinajstić information content (AvgIpc) is 2.26. The first kappa shape index (κ1) is 15.2. The monoisotopic (exact) mass is 282 g/mol. The summed E-state index contributed by atoms with van der Waals surface area (Å²) in [4.78, 5) is 13.5. The summed E-state index contributed by atoms with van der Waals surface area (Å²) in [6.07, 6.45) is -4.60. The molecule has 0 spiro atoms. The Balaban J connectivity index is 2.43. The molecule has 18 heavy (non-hydrogen) atoms. The summed E-state index contributed by atoms with van der Waals surface area (Å²) in [7, 11) is 0. The van der Waals surface area contributed by atoms with Crippen LogP contribution in [0.3, 0.4) is 0 Å². The zero-order valence-electron chi connectivity index (χ0n) is 10.2. The molecule has 2 N–H and O–H groups in total. The van der Waals surface area contributed by atoms with E-state index in [1.165, 1.54) is 4.90 Å². The van der Waals surface area contributed by atoms with Gasteiger partial charge in [-0.05, 0) is 12.8 Å². The van der Waals surface area contributed by atoms with Crippen molar-refractivity contribution in [1.82, 2.24) is 4.90 Å². The third kappa shape index (κ3) is 4.12. The summed E-state index contributed by atoms with van der Waals surface area (Å²) in [6.45, 7) is 2.77. The highest BCUT2D eigenvalue weighted by Crippen LogP contribution is 2.31. The number of hydrogen-bond acceptors (Lipinski definition) is 2. The van der Waals surface area contributed by atoms with Crippen LogP contribution in [0.5, 0.6) is 0 Å². The predicted molar refractivity (Wildman–Crippen MR) is 66.0 cm³/mol. The number of hydrogen-bond donors (Lipinski definition) is 1. The van der Waals surface area contributed by atoms with Crippen LogP contribution >= 0.6 is 12.2 Å². The lowest BCUT2D eigenvalue weighted by molar-refractivity contribution is -0.150. The van der Waals surface area contributed by atoms with Crippen LogP contribution in [0.1, 0.15) is 32.6 Å². The van der Waals surface area contributed by atoms with Gasteiger partial charge in [0.2, 0.25) is 5.91 Å². The van der Waals surface area contributed by atoms with E-state index in [0.29, 0.717) is 30.9 Å². The van der Waals surface area contributed by atoms with Gasteiger partial charge < -0.3 is 10.6 Å². The molecule has 104 valence electrons. The molecule has 3 nitrogen and oxygen atoms in total. The molecular weight excluding hydrogens is 265 g/mol. The summed E-state index contributed by atoms with van der Waals surface area (Å²) in [6, 6.07) is 0. The Bertz CT molecular complexity index is 336. The first-order chi connectivity index (χ1) is 8.14. The smallest absolute Gasteiger partial charge is 0.389 e. The fraction of sp³-hybridized carbons (Fsp3) is 0.818. The second-order valence-electron chi connectivity index (χ2n) is 4.92. The summed E-state index contributed by atoms with van der Waals surface area (Å²) in [5, 5.41) is 0. The zero-order chi connectivity index (χ0) is 14.0. The molecule has 1 amide bonds. The number of amides is 1. The number of rotatable bonds is 3. The minimum Gasteiger partial charge on any atom is -0.393 e. The minimum atomic E-state index is -4.28. The van der Waals surface area contributed by atoms with Crippen molar-refractivity contribution in [1.29, 1.82) is 0 Å². The summed E-state index contributed by atoms with van der Waals surface area (Å²) < 4.78 is 36.0. The van der Waals surface area contributed by atoms with Crippen LogP contribution in [0.4, 0.5) is 13.2 Å². The Kier molecular flexibility index (Phi) is 4.58. The predicted octanol–water partition coefficient (Wildman–Crippen LogP) is 2.24. The fourth-order valence-electron chi connectivity index (χ4n) is 1.90. The van der Waals surface area contributed by atoms with Gasteiger partial charge in [0, 0.05) is 24.9 Å². The molecule has 0 aromatic heterocycles. The van der Waals surface area contributed by atoms with Crippen LogP contribution in [0.2, 0.25) is 0 Å². The number of likely N-dealkylation sites (tertiary alicyclic amines) is 1. The van der Waals surface area contributed by atoms with Crippen LogP contribution in [0.15, 0.2) is 0 Å². The molecule has 0 unspecified atom stereocenters. The maximum atomic E-state index is 12.0. The van der Waals surface area contributed by atoms with Crippen molar-refractivity contribution < 1.29 is 18.0 Å². The van der Waals surface area contributed by atoms with Gasteiger partial charge >= 0.3 is 6.18 Å². The number of carbonyl (C=O) groups excluding carboxylic acids is 1. The molecule has 1 aliphatic rings. The van der Waals surface area contributed by atoms with Crippen LogP contribution in [-0.4, -0.2) is 35.1 Å². The van der Waals surface area contributed by atoms with Gasteiger partial charge in [-0.25, -0.2) is 0 Å². The molecule has 1 heterocycles. The Morgan fingerprint density at radius 2 is 1.89 bits per heavy atom. The molecule has 0 saturated carbocycles. The summed E-state index contributed by atoms with van der Waals surface area (Å²) >= 11 is 4.96. The van der Waals surface area contributed by atoms with E-state index in [4.69, 9.17) is 18.0 Å². The minimum absolute atomic E-state index is 0.282. The van der Waals surface area contributed by atoms with Gasteiger partial charge in [-0.2, -0.15) is 13.2 Å². The number of nitrogens with zero attached hydrogens (tertiary/aromatic N) is 1. The molecule has 7 heteroatoms. The van der Waals surface area contributed by atoms with Gasteiger partial charge in [0.1, 0.15) is 0 Å². The highest BCUT2D eigenvalue weighted by Gasteiger charge is 2.35. The maximum Gasteiger partial charge on any atom is 0.389 e. The van der Waals surface area contributed by atoms with Crippen molar-refractivity contribution in [3.63, 3.8) is 0 Å². The highest BCUT2D eigenvalue weighted by atomic mass is 32.1. The van der Waals surface area contributed by atoms with Crippen LogP contribution in [-0.2, 0) is 4.79 Å². The van der Waals surface area contributed by atoms with Crippen molar-refractivity contribution in [2.24, 2.45) is 11.1 Å². The van der Waals surface area contributed by atoms with Crippen molar-refractivity contribution in [2.45, 2.75) is 38.8 Å². The van der Waals surface area contributed by atoms with E-state index in [-0.39, 0.29) is 5.41 Å². The number of alkyl halides is 3. The summed E-state index contributed by atoms with van der Waals surface area (Å²) in [5.41, 5.74) is 5.34. The van der Waals surface area contributed by atoms with Crippen LogP contribution in [0.25, 0.3) is 0 Å². The Morgan fingerprint density at radius 1 is 1.39 bits per heavy atom. The average molecular weight is 282 g/mol. The normalized spacial score (nSPS) is 19.7. The Morgan fingerprint density at radius 3 is 2.28 bits per heavy atom. The van der Waals surface area contributed by atoms with Gasteiger partial charge in [0.05, 0.1) is 11.4 Å². The SMILES string of the molecule is CC1(C(N)=S)CCN(C(=O)CCC(F)(F)F)CC1. The molecule has 1 fully saturated rings. The molecule has 0 aliphatic carbocycles. The Hall–Kier alpha value is -0.850. The molecule has 1 rings (SSSR count). The molecule has 1 aliphatic heterocycles. The standard InChI is InChI=1S/C11H17F3N2OS/c1-10(9(15)18)4-6-16(7-5-10)8(17)2-3-11(12,13)14/h2-7H2,1H3,(H2,15,18). The van der Waals surface area contributed by atoms with Crippen molar-refractivity contribution in [3.05, 3.63) is 0 Å². The zero-order valence-corrected chi connectivity index (χ0v) is 11.0. The molecule has 0 aromatic rings. The molecule has 0 bridgehead atoms. The number of carbonyl (C=O) groups is 1. The van der Waals surface area contributed by atoms with Crippen LogP contribution in [0, 0.1) is 5.41 Å². The van der Waals surface area contributed by atoms with Gasteiger partial charge in [-0.15, -0.1) is 0 Å². The van der Waals surface area contributed by atoms with E-state index in [2.05, 4.69) is 0 Å². The molecule has 0 radical (unpaired) electrons. The summed E-state index contributed by atoms with van der Waals surface area (Å²) in [5.74, 6) is -0.447. The number of halogens is 3. The highest BCUT2D eigenvalue weighted by molar-refractivity contribution is 7.80. The number of thiocarbonyl (C=S) groups is 1. The van der Waals surface area contributed by atoms with Crippen molar-refractivity contribution in [2.75, 3.05) is 13.1 Å². The lowest BCUT2D eigenvalue weighted by Gasteiger charge is -2.38. The molecular formula is C11H17F3N2OS. The lowest BCUT2D eigenvalue weighted by atomic mass is 9.80. The first-order valence-electron chi connectivity index (χ1n) is 5.78. The van der Waals surface area contributed by atoms with E-state index in [9.17, 15) is 18.0 Å². The third-order valence-electron chi connectivity index (χ3n) is 3.44. The third-order valence-corrected chi connectivity index (χ3v) is 3.93. The van der Waals surface area contributed by atoms with Gasteiger partial charge in [0.25, 0.3) is 0 Å².